The summed E-state index contributed by atoms with van der Waals surface area (Å²) in [6.45, 7) is 3.28. The van der Waals surface area contributed by atoms with E-state index < -0.39 is 21.9 Å². The van der Waals surface area contributed by atoms with E-state index in [0.717, 1.165) is 10.2 Å². The molecule has 0 aliphatic heterocycles. The molecule has 0 spiro atoms. The summed E-state index contributed by atoms with van der Waals surface area (Å²) in [4.78, 5) is 29.9. The van der Waals surface area contributed by atoms with E-state index >= 15 is 0 Å². The van der Waals surface area contributed by atoms with Crippen LogP contribution in [0, 0.1) is 0 Å². The Balaban J connectivity index is 1.68. The van der Waals surface area contributed by atoms with E-state index in [-0.39, 0.29) is 16.1 Å². The molecule has 198 valence electrons. The summed E-state index contributed by atoms with van der Waals surface area (Å²) in [5.74, 6) is -1.02. The smallest absolute Gasteiger partial charge is 0.337 e. The van der Waals surface area contributed by atoms with Crippen LogP contribution in [0.2, 0.25) is 5.02 Å². The number of benzene rings is 3. The van der Waals surface area contributed by atoms with Crippen molar-refractivity contribution >= 4 is 60.7 Å². The third-order valence-corrected chi connectivity index (χ3v) is 8.14. The molecular weight excluding hydrogens is 550 g/mol. The molecule has 1 amide bonds. The van der Waals surface area contributed by atoms with Gasteiger partial charge >= 0.3 is 5.97 Å². The van der Waals surface area contributed by atoms with Crippen molar-refractivity contribution in [2.45, 2.75) is 18.4 Å². The molecule has 0 unspecified atom stereocenters. The molecule has 4 aromatic rings. The van der Waals surface area contributed by atoms with E-state index in [1.807, 2.05) is 11.5 Å². The SMILES string of the molecule is CCOCCn1c(=NC(=O)c2cccc(NS(=O)(=O)c3ccc(Cl)cc3)c2)sc2cc(C(=O)OC)ccc21. The number of nitrogens with one attached hydrogen (secondary N) is 1. The molecule has 0 radical (unpaired) electrons. The number of amides is 1. The third kappa shape index (κ3) is 6.30. The Labute approximate surface area is 228 Å². The maximum absolute atomic E-state index is 13.1. The standard InChI is InChI=1S/C26H24ClN3O6S2/c1-3-36-14-13-30-22-12-7-18(25(32)35-2)16-23(22)37-26(30)28-24(31)17-5-4-6-20(15-17)29-38(33,34)21-10-8-19(27)9-11-21/h4-12,15-16,29H,3,13-14H2,1-2H3. The van der Waals surface area contributed by atoms with Gasteiger partial charge in [0.1, 0.15) is 0 Å². The van der Waals surface area contributed by atoms with Crippen molar-refractivity contribution in [2.75, 3.05) is 25.0 Å². The lowest BCUT2D eigenvalue weighted by molar-refractivity contribution is 0.0600. The summed E-state index contributed by atoms with van der Waals surface area (Å²) in [6, 6.07) is 17.0. The molecule has 1 N–H and O–H groups in total. The van der Waals surface area contributed by atoms with Gasteiger partial charge in [0, 0.05) is 29.4 Å². The first-order valence-corrected chi connectivity index (χ1v) is 14.2. The van der Waals surface area contributed by atoms with E-state index in [9.17, 15) is 18.0 Å². The lowest BCUT2D eigenvalue weighted by Crippen LogP contribution is -2.20. The van der Waals surface area contributed by atoms with Crippen LogP contribution in [-0.2, 0) is 26.0 Å². The van der Waals surface area contributed by atoms with Crippen molar-refractivity contribution in [1.29, 1.82) is 0 Å². The lowest BCUT2D eigenvalue weighted by atomic mass is 10.2. The molecule has 0 aliphatic rings. The van der Waals surface area contributed by atoms with Gasteiger partial charge in [0.05, 0.1) is 34.4 Å². The highest BCUT2D eigenvalue weighted by Gasteiger charge is 2.16. The van der Waals surface area contributed by atoms with Gasteiger partial charge in [-0.15, -0.1) is 0 Å². The first-order valence-electron chi connectivity index (χ1n) is 11.5. The Bertz CT molecular complexity index is 1660. The number of halogens is 1. The number of anilines is 1. The average molecular weight is 574 g/mol. The zero-order valence-electron chi connectivity index (χ0n) is 20.5. The van der Waals surface area contributed by atoms with E-state index in [1.165, 1.54) is 48.8 Å². The van der Waals surface area contributed by atoms with Gasteiger partial charge in [-0.05, 0) is 67.6 Å². The largest absolute Gasteiger partial charge is 0.465 e. The first kappa shape index (κ1) is 27.5. The lowest BCUT2D eigenvalue weighted by Gasteiger charge is -2.09. The molecule has 4 rings (SSSR count). The number of ether oxygens (including phenoxy) is 2. The van der Waals surface area contributed by atoms with Gasteiger partial charge < -0.3 is 14.0 Å². The van der Waals surface area contributed by atoms with Gasteiger partial charge in [0.25, 0.3) is 15.9 Å². The number of aromatic nitrogens is 1. The first-order chi connectivity index (χ1) is 18.2. The number of carbonyl (C=O) groups is 2. The van der Waals surface area contributed by atoms with Gasteiger partial charge in [-0.2, -0.15) is 4.99 Å². The minimum absolute atomic E-state index is 0.0373. The predicted octanol–water partition coefficient (Wildman–Crippen LogP) is 4.72. The van der Waals surface area contributed by atoms with Crippen LogP contribution in [0.25, 0.3) is 10.2 Å². The Morgan fingerprint density at radius 1 is 1.05 bits per heavy atom. The van der Waals surface area contributed by atoms with Crippen LogP contribution in [0.1, 0.15) is 27.6 Å². The van der Waals surface area contributed by atoms with Crippen LogP contribution in [0.5, 0.6) is 0 Å². The Hall–Kier alpha value is -3.51. The second kappa shape index (κ2) is 11.9. The summed E-state index contributed by atoms with van der Waals surface area (Å²) < 4.78 is 40.9. The molecule has 3 aromatic carbocycles. The van der Waals surface area contributed by atoms with Crippen LogP contribution < -0.4 is 9.52 Å². The zero-order valence-corrected chi connectivity index (χ0v) is 22.9. The Kier molecular flexibility index (Phi) is 8.62. The van der Waals surface area contributed by atoms with Crippen molar-refractivity contribution in [3.63, 3.8) is 0 Å². The van der Waals surface area contributed by atoms with Gasteiger partial charge in [-0.3, -0.25) is 9.52 Å². The van der Waals surface area contributed by atoms with Crippen molar-refractivity contribution in [1.82, 2.24) is 4.57 Å². The maximum Gasteiger partial charge on any atom is 0.337 e. The molecule has 1 heterocycles. The van der Waals surface area contributed by atoms with Crippen molar-refractivity contribution in [2.24, 2.45) is 4.99 Å². The second-order valence-corrected chi connectivity index (χ2v) is 11.1. The molecule has 0 saturated heterocycles. The van der Waals surface area contributed by atoms with E-state index in [4.69, 9.17) is 21.1 Å². The molecule has 12 heteroatoms. The fourth-order valence-corrected chi connectivity index (χ4v) is 5.88. The van der Waals surface area contributed by atoms with E-state index in [0.29, 0.717) is 35.1 Å². The predicted molar refractivity (Wildman–Crippen MR) is 146 cm³/mol. The number of fused-ring (bicyclic) bond motifs is 1. The van der Waals surface area contributed by atoms with Gasteiger partial charge in [0.2, 0.25) is 0 Å². The number of nitrogens with zero attached hydrogens (tertiary/aromatic N) is 2. The highest BCUT2D eigenvalue weighted by molar-refractivity contribution is 7.92. The quantitative estimate of drug-likeness (QED) is 0.229. The molecule has 0 bridgehead atoms. The summed E-state index contributed by atoms with van der Waals surface area (Å²) in [7, 11) is -2.57. The average Bonchev–Trinajstić information content (AvgIpc) is 3.24. The minimum Gasteiger partial charge on any atom is -0.465 e. The molecule has 9 nitrogen and oxygen atoms in total. The fourth-order valence-electron chi connectivity index (χ4n) is 3.61. The number of carbonyl (C=O) groups excluding carboxylic acids is 2. The molecule has 0 atom stereocenters. The Morgan fingerprint density at radius 3 is 2.53 bits per heavy atom. The molecule has 1 aromatic heterocycles. The molecule has 38 heavy (non-hydrogen) atoms. The summed E-state index contributed by atoms with van der Waals surface area (Å²) in [5, 5.41) is 0.416. The van der Waals surface area contributed by atoms with Gasteiger partial charge in [-0.25, -0.2) is 13.2 Å². The summed E-state index contributed by atoms with van der Waals surface area (Å²) in [6.07, 6.45) is 0. The van der Waals surface area contributed by atoms with E-state index in [1.54, 1.807) is 36.4 Å². The zero-order chi connectivity index (χ0) is 27.3. The number of esters is 1. The number of sulfonamides is 1. The van der Waals surface area contributed by atoms with Crippen molar-refractivity contribution in [3.05, 3.63) is 87.7 Å². The summed E-state index contributed by atoms with van der Waals surface area (Å²) in [5.41, 5.74) is 1.59. The highest BCUT2D eigenvalue weighted by Crippen LogP contribution is 2.22. The topological polar surface area (TPSA) is 116 Å². The van der Waals surface area contributed by atoms with Crippen LogP contribution in [0.4, 0.5) is 5.69 Å². The van der Waals surface area contributed by atoms with Crippen molar-refractivity contribution in [3.8, 4) is 0 Å². The van der Waals surface area contributed by atoms with Crippen molar-refractivity contribution < 1.29 is 27.5 Å². The van der Waals surface area contributed by atoms with Crippen LogP contribution in [-0.4, -0.2) is 45.2 Å². The highest BCUT2D eigenvalue weighted by atomic mass is 35.5. The second-order valence-electron chi connectivity index (χ2n) is 7.96. The fraction of sp³-hybridized carbons (Fsp3) is 0.192. The van der Waals surface area contributed by atoms with Gasteiger partial charge in [-0.1, -0.05) is 29.0 Å². The number of hydrogen-bond donors (Lipinski definition) is 1. The summed E-state index contributed by atoms with van der Waals surface area (Å²) >= 11 is 7.10. The van der Waals surface area contributed by atoms with Crippen LogP contribution in [0.15, 0.2) is 76.6 Å². The Morgan fingerprint density at radius 2 is 1.82 bits per heavy atom. The van der Waals surface area contributed by atoms with Gasteiger partial charge in [0.15, 0.2) is 4.80 Å². The number of hydrogen-bond acceptors (Lipinski definition) is 7. The maximum atomic E-state index is 13.1. The monoisotopic (exact) mass is 573 g/mol. The van der Waals surface area contributed by atoms with E-state index in [2.05, 4.69) is 9.71 Å². The molecule has 0 saturated carbocycles. The van der Waals surface area contributed by atoms with Crippen LogP contribution >= 0.6 is 22.9 Å². The normalized spacial score (nSPS) is 12.0. The number of thiazole rings is 1. The number of methoxy groups -OCH3 is 1. The third-order valence-electron chi connectivity index (χ3n) is 5.45. The molecule has 0 aliphatic carbocycles. The molecular formula is C26H24ClN3O6S2. The number of rotatable bonds is 9. The minimum atomic E-state index is -3.89. The molecule has 0 fully saturated rings. The van der Waals surface area contributed by atoms with Crippen LogP contribution in [0.3, 0.4) is 0 Å².